The van der Waals surface area contributed by atoms with E-state index < -0.39 is 0 Å². The van der Waals surface area contributed by atoms with Crippen LogP contribution in [0.4, 0.5) is 0 Å². The van der Waals surface area contributed by atoms with Gasteiger partial charge in [-0.05, 0) is 17.9 Å². The van der Waals surface area contributed by atoms with E-state index >= 15 is 0 Å². The van der Waals surface area contributed by atoms with Crippen molar-refractivity contribution in [2.45, 2.75) is 51.4 Å². The summed E-state index contributed by atoms with van der Waals surface area (Å²) in [6.45, 7) is 6.05. The fourth-order valence-corrected chi connectivity index (χ4v) is 3.72. The molecule has 6 nitrogen and oxygen atoms in total. The van der Waals surface area contributed by atoms with Crippen LogP contribution >= 0.6 is 0 Å². The van der Waals surface area contributed by atoms with Crippen LogP contribution in [0.1, 0.15) is 38.7 Å². The van der Waals surface area contributed by atoms with Gasteiger partial charge in [0.2, 0.25) is 11.8 Å². The van der Waals surface area contributed by atoms with Crippen LogP contribution in [0.3, 0.4) is 0 Å². The van der Waals surface area contributed by atoms with Crippen molar-refractivity contribution >= 4 is 11.8 Å². The van der Waals surface area contributed by atoms with Gasteiger partial charge in [-0.15, -0.1) is 0 Å². The van der Waals surface area contributed by atoms with Crippen molar-refractivity contribution in [3.8, 4) is 0 Å². The number of hydrogen-bond donors (Lipinski definition) is 2. The summed E-state index contributed by atoms with van der Waals surface area (Å²) in [6, 6.07) is 9.72. The molecule has 3 rings (SSSR count). The molecule has 2 amide bonds. The number of amides is 2. The van der Waals surface area contributed by atoms with Gasteiger partial charge in [0.05, 0.1) is 18.3 Å². The van der Waals surface area contributed by atoms with Gasteiger partial charge < -0.3 is 15.0 Å². The number of nitrogens with zero attached hydrogens (tertiary/aromatic N) is 1. The summed E-state index contributed by atoms with van der Waals surface area (Å²) in [4.78, 5) is 26.4. The molecule has 1 spiro atoms. The summed E-state index contributed by atoms with van der Waals surface area (Å²) in [5.74, 6) is 0.570. The minimum absolute atomic E-state index is 0.0128. The van der Waals surface area contributed by atoms with Crippen LogP contribution in [-0.2, 0) is 20.9 Å². The summed E-state index contributed by atoms with van der Waals surface area (Å²) in [7, 11) is 0. The number of nitrogens with one attached hydrogen (secondary N) is 2. The Balaban J connectivity index is 1.43. The van der Waals surface area contributed by atoms with Gasteiger partial charge in [-0.25, -0.2) is 0 Å². The fourth-order valence-electron chi connectivity index (χ4n) is 3.72. The molecule has 2 saturated heterocycles. The second-order valence-corrected chi connectivity index (χ2v) is 7.76. The highest BCUT2D eigenvalue weighted by atomic mass is 16.5. The molecule has 0 bridgehead atoms. The lowest BCUT2D eigenvalue weighted by molar-refractivity contribution is -0.138. The summed E-state index contributed by atoms with van der Waals surface area (Å²) < 4.78 is 5.55. The van der Waals surface area contributed by atoms with E-state index in [1.54, 1.807) is 0 Å². The molecule has 2 fully saturated rings. The van der Waals surface area contributed by atoms with Crippen LogP contribution in [0.2, 0.25) is 0 Å². The smallest absolute Gasteiger partial charge is 0.248 e. The quantitative estimate of drug-likeness (QED) is 0.810. The van der Waals surface area contributed by atoms with Crippen molar-refractivity contribution in [3.63, 3.8) is 0 Å². The van der Waals surface area contributed by atoms with E-state index in [9.17, 15) is 9.59 Å². The van der Waals surface area contributed by atoms with E-state index in [1.165, 1.54) is 0 Å². The average molecular weight is 359 g/mol. The highest BCUT2D eigenvalue weighted by molar-refractivity contribution is 5.85. The third-order valence-electron chi connectivity index (χ3n) is 5.14. The number of rotatable bonds is 6. The van der Waals surface area contributed by atoms with Crippen LogP contribution in [0.5, 0.6) is 0 Å². The predicted octanol–water partition coefficient (Wildman–Crippen LogP) is 1.66. The van der Waals surface area contributed by atoms with Crippen molar-refractivity contribution in [3.05, 3.63) is 35.9 Å². The maximum absolute atomic E-state index is 12.4. The lowest BCUT2D eigenvalue weighted by Crippen LogP contribution is -2.58. The molecule has 142 valence electrons. The summed E-state index contributed by atoms with van der Waals surface area (Å²) >= 11 is 0. The molecular formula is C20H29N3O3. The SMILES string of the molecule is CC(C)CC1NC2(CCN(C(=O)COCc3ccccc3)CC2)NC1=O. The number of benzene rings is 1. The summed E-state index contributed by atoms with van der Waals surface area (Å²) in [5, 5.41) is 6.61. The van der Waals surface area contributed by atoms with Crippen molar-refractivity contribution in [2.75, 3.05) is 19.7 Å². The van der Waals surface area contributed by atoms with Crippen molar-refractivity contribution in [1.82, 2.24) is 15.5 Å². The molecule has 1 aromatic rings. The number of likely N-dealkylation sites (tertiary alicyclic amines) is 1. The standard InChI is InChI=1S/C20H29N3O3/c1-15(2)12-17-19(25)22-20(21-17)8-10-23(11-9-20)18(24)14-26-13-16-6-4-3-5-7-16/h3-7,15,17,21H,8-14H2,1-2H3,(H,22,25). The molecule has 26 heavy (non-hydrogen) atoms. The van der Waals surface area contributed by atoms with E-state index in [0.29, 0.717) is 25.6 Å². The van der Waals surface area contributed by atoms with Crippen molar-refractivity contribution in [2.24, 2.45) is 5.92 Å². The Morgan fingerprint density at radius 3 is 2.62 bits per heavy atom. The van der Waals surface area contributed by atoms with Crippen LogP contribution < -0.4 is 10.6 Å². The summed E-state index contributed by atoms with van der Waals surface area (Å²) in [5.41, 5.74) is 0.713. The Morgan fingerprint density at radius 1 is 1.27 bits per heavy atom. The highest BCUT2D eigenvalue weighted by Gasteiger charge is 2.45. The molecule has 1 atom stereocenters. The van der Waals surface area contributed by atoms with Gasteiger partial charge in [0.25, 0.3) is 0 Å². The van der Waals surface area contributed by atoms with Crippen LogP contribution in [0, 0.1) is 5.92 Å². The molecule has 0 aromatic heterocycles. The van der Waals surface area contributed by atoms with E-state index in [2.05, 4.69) is 24.5 Å². The first-order valence-corrected chi connectivity index (χ1v) is 9.47. The molecule has 1 aromatic carbocycles. The molecular weight excluding hydrogens is 330 g/mol. The van der Waals surface area contributed by atoms with Crippen LogP contribution in [-0.4, -0.2) is 48.1 Å². The lowest BCUT2D eigenvalue weighted by Gasteiger charge is -2.39. The Hall–Kier alpha value is -1.92. The second kappa shape index (κ2) is 8.18. The lowest BCUT2D eigenvalue weighted by atomic mass is 9.97. The van der Waals surface area contributed by atoms with E-state index in [1.807, 2.05) is 35.2 Å². The zero-order chi connectivity index (χ0) is 18.6. The van der Waals surface area contributed by atoms with E-state index in [-0.39, 0.29) is 30.1 Å². The number of ether oxygens (including phenoxy) is 1. The van der Waals surface area contributed by atoms with Gasteiger partial charge in [0, 0.05) is 25.9 Å². The van der Waals surface area contributed by atoms with E-state index in [0.717, 1.165) is 24.8 Å². The highest BCUT2D eigenvalue weighted by Crippen LogP contribution is 2.26. The average Bonchev–Trinajstić information content (AvgIpc) is 2.90. The molecule has 2 aliphatic heterocycles. The topological polar surface area (TPSA) is 70.7 Å². The minimum Gasteiger partial charge on any atom is -0.367 e. The minimum atomic E-state index is -0.349. The zero-order valence-corrected chi connectivity index (χ0v) is 15.7. The fraction of sp³-hybridized carbons (Fsp3) is 0.600. The molecule has 2 aliphatic rings. The molecule has 0 radical (unpaired) electrons. The normalized spacial score (nSPS) is 22.0. The maximum atomic E-state index is 12.4. The Kier molecular flexibility index (Phi) is 5.94. The van der Waals surface area contributed by atoms with Gasteiger partial charge in [-0.2, -0.15) is 0 Å². The first-order valence-electron chi connectivity index (χ1n) is 9.47. The van der Waals surface area contributed by atoms with Crippen LogP contribution in [0.25, 0.3) is 0 Å². The zero-order valence-electron chi connectivity index (χ0n) is 15.7. The van der Waals surface area contributed by atoms with Crippen molar-refractivity contribution < 1.29 is 14.3 Å². The number of hydrogen-bond acceptors (Lipinski definition) is 4. The number of piperidine rings is 1. The van der Waals surface area contributed by atoms with Gasteiger partial charge in [0.1, 0.15) is 6.61 Å². The van der Waals surface area contributed by atoms with Gasteiger partial charge in [-0.1, -0.05) is 44.2 Å². The largest absolute Gasteiger partial charge is 0.367 e. The Labute approximate surface area is 155 Å². The Morgan fingerprint density at radius 2 is 1.96 bits per heavy atom. The molecule has 0 aliphatic carbocycles. The molecule has 2 heterocycles. The Bertz CT molecular complexity index is 624. The predicted molar refractivity (Wildman–Crippen MR) is 99.2 cm³/mol. The third kappa shape index (κ3) is 4.62. The van der Waals surface area contributed by atoms with E-state index in [4.69, 9.17) is 4.74 Å². The number of carbonyl (C=O) groups excluding carboxylic acids is 2. The third-order valence-corrected chi connectivity index (χ3v) is 5.14. The molecule has 1 unspecified atom stereocenters. The molecule has 6 heteroatoms. The number of carbonyl (C=O) groups is 2. The molecule has 2 N–H and O–H groups in total. The van der Waals surface area contributed by atoms with Gasteiger partial charge in [0.15, 0.2) is 0 Å². The van der Waals surface area contributed by atoms with Crippen LogP contribution in [0.15, 0.2) is 30.3 Å². The monoisotopic (exact) mass is 359 g/mol. The van der Waals surface area contributed by atoms with Crippen molar-refractivity contribution in [1.29, 1.82) is 0 Å². The molecule has 0 saturated carbocycles. The first-order chi connectivity index (χ1) is 12.5. The van der Waals surface area contributed by atoms with Gasteiger partial charge in [-0.3, -0.25) is 14.9 Å². The second-order valence-electron chi connectivity index (χ2n) is 7.76. The first kappa shape index (κ1) is 18.9. The van der Waals surface area contributed by atoms with Gasteiger partial charge >= 0.3 is 0 Å². The summed E-state index contributed by atoms with van der Waals surface area (Å²) in [6.07, 6.45) is 2.30. The maximum Gasteiger partial charge on any atom is 0.248 e.